The number of likely N-dealkylation sites (tertiary alicyclic amines) is 1. The van der Waals surface area contributed by atoms with E-state index in [9.17, 15) is 0 Å². The van der Waals surface area contributed by atoms with Gasteiger partial charge in [-0.05, 0) is 18.4 Å². The lowest BCUT2D eigenvalue weighted by Gasteiger charge is -2.32. The molecule has 112 valence electrons. The highest BCUT2D eigenvalue weighted by molar-refractivity contribution is 5.60. The van der Waals surface area contributed by atoms with Crippen LogP contribution < -0.4 is 11.1 Å². The Labute approximate surface area is 125 Å². The molecule has 0 radical (unpaired) electrons. The molecule has 5 nitrogen and oxygen atoms in total. The fourth-order valence-electron chi connectivity index (χ4n) is 2.89. The smallest absolute Gasteiger partial charge is 0.171 e. The standard InChI is InChI=1S/C16H23N5/c1-20-12-15(17)16(19-20)18-14-7-9-21(10-8-14)11-13-5-3-2-4-6-13/h2-6,12,14H,7-11,17H2,1H3,(H,18,19). The third-order valence-corrected chi connectivity index (χ3v) is 4.03. The third kappa shape index (κ3) is 3.55. The molecule has 0 saturated carbocycles. The van der Waals surface area contributed by atoms with Gasteiger partial charge in [0.05, 0.1) is 5.69 Å². The molecule has 0 bridgehead atoms. The van der Waals surface area contributed by atoms with E-state index in [1.165, 1.54) is 5.56 Å². The average Bonchev–Trinajstić information content (AvgIpc) is 2.80. The van der Waals surface area contributed by atoms with E-state index in [4.69, 9.17) is 5.73 Å². The Morgan fingerprint density at radius 3 is 2.57 bits per heavy atom. The van der Waals surface area contributed by atoms with Crippen LogP contribution in [0.3, 0.4) is 0 Å². The quantitative estimate of drug-likeness (QED) is 0.903. The molecule has 2 heterocycles. The first kappa shape index (κ1) is 13.9. The molecule has 0 aliphatic carbocycles. The summed E-state index contributed by atoms with van der Waals surface area (Å²) in [6, 6.07) is 11.1. The van der Waals surface area contributed by atoms with Crippen LogP contribution >= 0.6 is 0 Å². The Morgan fingerprint density at radius 2 is 1.95 bits per heavy atom. The van der Waals surface area contributed by atoms with Crippen LogP contribution in [0.4, 0.5) is 11.5 Å². The number of nitrogens with two attached hydrogens (primary N) is 1. The van der Waals surface area contributed by atoms with E-state index in [0.29, 0.717) is 6.04 Å². The Balaban J connectivity index is 1.50. The van der Waals surface area contributed by atoms with Crippen molar-refractivity contribution in [2.75, 3.05) is 24.1 Å². The van der Waals surface area contributed by atoms with Gasteiger partial charge in [0.1, 0.15) is 0 Å². The van der Waals surface area contributed by atoms with Gasteiger partial charge in [-0.1, -0.05) is 30.3 Å². The Kier molecular flexibility index (Phi) is 4.10. The molecule has 5 heteroatoms. The van der Waals surface area contributed by atoms with Gasteiger partial charge < -0.3 is 11.1 Å². The zero-order valence-corrected chi connectivity index (χ0v) is 12.5. The highest BCUT2D eigenvalue weighted by Gasteiger charge is 2.20. The molecule has 1 aliphatic rings. The number of piperidine rings is 1. The maximum absolute atomic E-state index is 5.93. The van der Waals surface area contributed by atoms with E-state index >= 15 is 0 Å². The van der Waals surface area contributed by atoms with Crippen LogP contribution in [-0.2, 0) is 13.6 Å². The van der Waals surface area contributed by atoms with Crippen LogP contribution in [0.25, 0.3) is 0 Å². The van der Waals surface area contributed by atoms with Crippen molar-refractivity contribution in [2.45, 2.75) is 25.4 Å². The normalized spacial score (nSPS) is 17.0. The second-order valence-corrected chi connectivity index (χ2v) is 5.79. The molecule has 1 saturated heterocycles. The van der Waals surface area contributed by atoms with Gasteiger partial charge in [-0.25, -0.2) is 0 Å². The third-order valence-electron chi connectivity index (χ3n) is 4.03. The topological polar surface area (TPSA) is 59.1 Å². The van der Waals surface area contributed by atoms with Crippen molar-refractivity contribution in [3.05, 3.63) is 42.1 Å². The molecule has 21 heavy (non-hydrogen) atoms. The van der Waals surface area contributed by atoms with Crippen molar-refractivity contribution in [2.24, 2.45) is 7.05 Å². The second kappa shape index (κ2) is 6.18. The predicted molar refractivity (Wildman–Crippen MR) is 86.0 cm³/mol. The lowest BCUT2D eigenvalue weighted by molar-refractivity contribution is 0.211. The number of aromatic nitrogens is 2. The van der Waals surface area contributed by atoms with Crippen molar-refractivity contribution in [3.8, 4) is 0 Å². The summed E-state index contributed by atoms with van der Waals surface area (Å²) in [6.45, 7) is 3.26. The van der Waals surface area contributed by atoms with Crippen LogP contribution in [0.5, 0.6) is 0 Å². The minimum Gasteiger partial charge on any atom is -0.394 e. The maximum Gasteiger partial charge on any atom is 0.171 e. The molecule has 0 atom stereocenters. The fraction of sp³-hybridized carbons (Fsp3) is 0.438. The average molecular weight is 285 g/mol. The summed E-state index contributed by atoms with van der Waals surface area (Å²) >= 11 is 0. The monoisotopic (exact) mass is 285 g/mol. The molecule has 2 aromatic rings. The number of anilines is 2. The van der Waals surface area contributed by atoms with Crippen LogP contribution in [0.1, 0.15) is 18.4 Å². The first-order valence-corrected chi connectivity index (χ1v) is 7.52. The molecule has 3 N–H and O–H groups in total. The van der Waals surface area contributed by atoms with E-state index in [1.54, 1.807) is 4.68 Å². The van der Waals surface area contributed by atoms with Gasteiger partial charge in [0.25, 0.3) is 0 Å². The van der Waals surface area contributed by atoms with Crippen LogP contribution in [0.15, 0.2) is 36.5 Å². The van der Waals surface area contributed by atoms with Crippen LogP contribution in [0.2, 0.25) is 0 Å². The summed E-state index contributed by atoms with van der Waals surface area (Å²) in [5, 5.41) is 7.83. The SMILES string of the molecule is Cn1cc(N)c(NC2CCN(Cc3ccccc3)CC2)n1. The molecule has 1 aromatic carbocycles. The zero-order chi connectivity index (χ0) is 14.7. The minimum absolute atomic E-state index is 0.467. The number of nitrogen functional groups attached to an aromatic ring is 1. The van der Waals surface area contributed by atoms with Gasteiger partial charge in [-0.3, -0.25) is 9.58 Å². The molecule has 1 aromatic heterocycles. The summed E-state index contributed by atoms with van der Waals surface area (Å²) in [6.07, 6.45) is 4.10. The van der Waals surface area contributed by atoms with Crippen molar-refractivity contribution < 1.29 is 0 Å². The van der Waals surface area contributed by atoms with Gasteiger partial charge in [-0.15, -0.1) is 0 Å². The highest BCUT2D eigenvalue weighted by Crippen LogP contribution is 2.20. The van der Waals surface area contributed by atoms with Crippen molar-refractivity contribution in [3.63, 3.8) is 0 Å². The summed E-state index contributed by atoms with van der Waals surface area (Å²) < 4.78 is 1.75. The number of rotatable bonds is 4. The Hall–Kier alpha value is -2.01. The van der Waals surface area contributed by atoms with E-state index in [-0.39, 0.29) is 0 Å². The van der Waals surface area contributed by atoms with E-state index in [0.717, 1.165) is 44.0 Å². The molecule has 1 fully saturated rings. The lowest BCUT2D eigenvalue weighted by Crippen LogP contribution is -2.38. The number of nitrogens with zero attached hydrogens (tertiary/aromatic N) is 3. The number of hydrogen-bond donors (Lipinski definition) is 2. The van der Waals surface area contributed by atoms with Gasteiger partial charge in [0.15, 0.2) is 5.82 Å². The van der Waals surface area contributed by atoms with Gasteiger partial charge in [0, 0.05) is 38.9 Å². The zero-order valence-electron chi connectivity index (χ0n) is 12.5. The van der Waals surface area contributed by atoms with Crippen LogP contribution in [-0.4, -0.2) is 33.8 Å². The largest absolute Gasteiger partial charge is 0.394 e. The number of aryl methyl sites for hydroxylation is 1. The highest BCUT2D eigenvalue weighted by atomic mass is 15.3. The molecule has 0 amide bonds. The Bertz CT molecular complexity index is 570. The van der Waals surface area contributed by atoms with Crippen molar-refractivity contribution >= 4 is 11.5 Å². The second-order valence-electron chi connectivity index (χ2n) is 5.79. The number of benzene rings is 1. The summed E-state index contributed by atoms with van der Waals surface area (Å²) in [5.74, 6) is 0.819. The predicted octanol–water partition coefficient (Wildman–Crippen LogP) is 2.08. The summed E-state index contributed by atoms with van der Waals surface area (Å²) in [4.78, 5) is 2.51. The van der Waals surface area contributed by atoms with Crippen LogP contribution in [0, 0.1) is 0 Å². The molecular weight excluding hydrogens is 262 g/mol. The van der Waals surface area contributed by atoms with E-state index < -0.39 is 0 Å². The van der Waals surface area contributed by atoms with Crippen molar-refractivity contribution in [1.82, 2.24) is 14.7 Å². The minimum atomic E-state index is 0.467. The first-order chi connectivity index (χ1) is 10.2. The molecule has 1 aliphatic heterocycles. The van der Waals surface area contributed by atoms with Crippen molar-refractivity contribution in [1.29, 1.82) is 0 Å². The number of nitrogens with one attached hydrogen (secondary N) is 1. The molecule has 0 unspecified atom stereocenters. The summed E-state index contributed by atoms with van der Waals surface area (Å²) in [7, 11) is 1.89. The van der Waals surface area contributed by atoms with E-state index in [2.05, 4.69) is 45.6 Å². The molecule has 0 spiro atoms. The number of hydrogen-bond acceptors (Lipinski definition) is 4. The van der Waals surface area contributed by atoms with Gasteiger partial charge >= 0.3 is 0 Å². The maximum atomic E-state index is 5.93. The molecular formula is C16H23N5. The van der Waals surface area contributed by atoms with E-state index in [1.807, 2.05) is 13.2 Å². The van der Waals surface area contributed by atoms with Gasteiger partial charge in [-0.2, -0.15) is 5.10 Å². The van der Waals surface area contributed by atoms with Gasteiger partial charge in [0.2, 0.25) is 0 Å². The Morgan fingerprint density at radius 1 is 1.24 bits per heavy atom. The first-order valence-electron chi connectivity index (χ1n) is 7.52. The lowest BCUT2D eigenvalue weighted by atomic mass is 10.0. The fourth-order valence-corrected chi connectivity index (χ4v) is 2.89. The summed E-state index contributed by atoms with van der Waals surface area (Å²) in [5.41, 5.74) is 8.04. The molecule has 3 rings (SSSR count).